The second kappa shape index (κ2) is 8.71. The van der Waals surface area contributed by atoms with E-state index in [0.717, 1.165) is 64.0 Å². The molecule has 2 aromatic heterocycles. The molecule has 5 aromatic rings. The SMILES string of the molecule is O=C(NCCc1nnc2n1CCCC2)c1cc(-c2cccc3ccccc23)nc2ccccc12. The Balaban J connectivity index is 1.31. The Morgan fingerprint density at radius 2 is 1.74 bits per heavy atom. The molecule has 0 spiro atoms. The van der Waals surface area contributed by atoms with Gasteiger partial charge in [-0.05, 0) is 35.7 Å². The van der Waals surface area contributed by atoms with Crippen molar-refractivity contribution in [3.8, 4) is 11.3 Å². The molecule has 0 saturated heterocycles. The van der Waals surface area contributed by atoms with E-state index >= 15 is 0 Å². The Morgan fingerprint density at radius 1 is 0.912 bits per heavy atom. The van der Waals surface area contributed by atoms with Crippen LogP contribution in [-0.4, -0.2) is 32.2 Å². The number of para-hydroxylation sites is 1. The minimum Gasteiger partial charge on any atom is -0.352 e. The lowest BCUT2D eigenvalue weighted by molar-refractivity contribution is 0.0955. The van der Waals surface area contributed by atoms with E-state index in [1.54, 1.807) is 0 Å². The maximum Gasteiger partial charge on any atom is 0.252 e. The fourth-order valence-corrected chi connectivity index (χ4v) is 4.89. The molecule has 1 N–H and O–H groups in total. The highest BCUT2D eigenvalue weighted by Gasteiger charge is 2.17. The molecular formula is C28H25N5O. The highest BCUT2D eigenvalue weighted by molar-refractivity contribution is 6.08. The van der Waals surface area contributed by atoms with E-state index in [0.29, 0.717) is 18.5 Å². The fourth-order valence-electron chi connectivity index (χ4n) is 4.89. The van der Waals surface area contributed by atoms with Gasteiger partial charge < -0.3 is 9.88 Å². The van der Waals surface area contributed by atoms with Crippen LogP contribution in [0.1, 0.15) is 34.8 Å². The van der Waals surface area contributed by atoms with Gasteiger partial charge in [-0.2, -0.15) is 0 Å². The molecule has 0 fully saturated rings. The Bertz CT molecular complexity index is 1520. The first-order valence-electron chi connectivity index (χ1n) is 11.8. The Labute approximate surface area is 197 Å². The molecule has 0 saturated carbocycles. The van der Waals surface area contributed by atoms with Crippen LogP contribution in [0, 0.1) is 0 Å². The lowest BCUT2D eigenvalue weighted by atomic mass is 9.99. The molecule has 0 unspecified atom stereocenters. The molecule has 1 aliphatic heterocycles. The molecule has 1 aliphatic rings. The summed E-state index contributed by atoms with van der Waals surface area (Å²) in [6.07, 6.45) is 3.98. The zero-order valence-corrected chi connectivity index (χ0v) is 18.9. The standard InChI is InChI=1S/C28H25N5O/c34-28(29-16-15-27-32-31-26-14-5-6-17-33(26)27)23-18-25(30-24-13-4-3-11-22(23)24)21-12-7-9-19-8-1-2-10-20(19)21/h1-4,7-13,18H,5-6,14-17H2,(H,29,34). The highest BCUT2D eigenvalue weighted by atomic mass is 16.1. The fraction of sp³-hybridized carbons (Fsp3) is 0.214. The maximum atomic E-state index is 13.3. The quantitative estimate of drug-likeness (QED) is 0.414. The molecule has 3 heterocycles. The molecule has 34 heavy (non-hydrogen) atoms. The van der Waals surface area contributed by atoms with Crippen LogP contribution in [0.3, 0.4) is 0 Å². The van der Waals surface area contributed by atoms with Gasteiger partial charge in [-0.1, -0.05) is 60.7 Å². The first kappa shape index (κ1) is 20.5. The van der Waals surface area contributed by atoms with Crippen LogP contribution in [0.5, 0.6) is 0 Å². The van der Waals surface area contributed by atoms with Crippen LogP contribution in [0.2, 0.25) is 0 Å². The topological polar surface area (TPSA) is 72.7 Å². The van der Waals surface area contributed by atoms with E-state index in [2.05, 4.69) is 44.3 Å². The van der Waals surface area contributed by atoms with Crippen LogP contribution in [0.15, 0.2) is 72.8 Å². The van der Waals surface area contributed by atoms with Crippen molar-refractivity contribution in [2.75, 3.05) is 6.54 Å². The number of carbonyl (C=O) groups excluding carboxylic acids is 1. The third-order valence-corrected chi connectivity index (χ3v) is 6.60. The van der Waals surface area contributed by atoms with Crippen molar-refractivity contribution in [2.24, 2.45) is 0 Å². The number of benzene rings is 3. The predicted molar refractivity (Wildman–Crippen MR) is 134 cm³/mol. The van der Waals surface area contributed by atoms with Gasteiger partial charge in [0.2, 0.25) is 0 Å². The molecule has 3 aromatic carbocycles. The minimum absolute atomic E-state index is 0.0986. The average Bonchev–Trinajstić information content (AvgIpc) is 3.30. The Kier molecular flexibility index (Phi) is 5.26. The van der Waals surface area contributed by atoms with E-state index in [1.165, 1.54) is 6.42 Å². The number of aryl methyl sites for hydroxylation is 1. The number of rotatable bonds is 5. The zero-order chi connectivity index (χ0) is 22.9. The average molecular weight is 448 g/mol. The van der Waals surface area contributed by atoms with Crippen molar-refractivity contribution in [2.45, 2.75) is 32.2 Å². The molecule has 0 aliphatic carbocycles. The molecule has 0 radical (unpaired) electrons. The number of nitrogens with zero attached hydrogens (tertiary/aromatic N) is 4. The van der Waals surface area contributed by atoms with Gasteiger partial charge in [0.25, 0.3) is 5.91 Å². The monoisotopic (exact) mass is 447 g/mol. The highest BCUT2D eigenvalue weighted by Crippen LogP contribution is 2.30. The number of carbonyl (C=O) groups is 1. The largest absolute Gasteiger partial charge is 0.352 e. The van der Waals surface area contributed by atoms with Gasteiger partial charge in [-0.15, -0.1) is 10.2 Å². The van der Waals surface area contributed by atoms with Crippen molar-refractivity contribution in [3.63, 3.8) is 0 Å². The Morgan fingerprint density at radius 3 is 2.68 bits per heavy atom. The smallest absolute Gasteiger partial charge is 0.252 e. The summed E-state index contributed by atoms with van der Waals surface area (Å²) in [6, 6.07) is 24.2. The van der Waals surface area contributed by atoms with Crippen LogP contribution < -0.4 is 5.32 Å². The molecule has 6 heteroatoms. The van der Waals surface area contributed by atoms with Gasteiger partial charge in [0.05, 0.1) is 16.8 Å². The van der Waals surface area contributed by atoms with E-state index in [9.17, 15) is 4.79 Å². The molecule has 0 bridgehead atoms. The summed E-state index contributed by atoms with van der Waals surface area (Å²) in [5, 5.41) is 14.9. The predicted octanol–water partition coefficient (Wildman–Crippen LogP) is 4.96. The number of nitrogens with one attached hydrogen (secondary N) is 1. The molecule has 6 nitrogen and oxygen atoms in total. The minimum atomic E-state index is -0.0986. The van der Waals surface area contributed by atoms with Crippen molar-refractivity contribution in [3.05, 3.63) is 90.0 Å². The van der Waals surface area contributed by atoms with Crippen LogP contribution >= 0.6 is 0 Å². The van der Waals surface area contributed by atoms with Gasteiger partial charge in [0.1, 0.15) is 11.6 Å². The molecule has 1 amide bonds. The summed E-state index contributed by atoms with van der Waals surface area (Å²) in [6.45, 7) is 1.48. The number of aromatic nitrogens is 4. The summed E-state index contributed by atoms with van der Waals surface area (Å²) in [5.74, 6) is 1.91. The third-order valence-electron chi connectivity index (χ3n) is 6.60. The van der Waals surface area contributed by atoms with E-state index in [4.69, 9.17) is 4.98 Å². The van der Waals surface area contributed by atoms with Crippen molar-refractivity contribution < 1.29 is 4.79 Å². The van der Waals surface area contributed by atoms with Gasteiger partial charge in [-0.3, -0.25) is 4.79 Å². The zero-order valence-electron chi connectivity index (χ0n) is 18.9. The summed E-state index contributed by atoms with van der Waals surface area (Å²) < 4.78 is 2.20. The normalized spacial score (nSPS) is 13.2. The lowest BCUT2D eigenvalue weighted by Gasteiger charge is -2.15. The summed E-state index contributed by atoms with van der Waals surface area (Å²) in [4.78, 5) is 18.2. The number of hydrogen-bond donors (Lipinski definition) is 1. The van der Waals surface area contributed by atoms with Gasteiger partial charge in [0, 0.05) is 36.9 Å². The van der Waals surface area contributed by atoms with E-state index < -0.39 is 0 Å². The summed E-state index contributed by atoms with van der Waals surface area (Å²) in [5.41, 5.74) is 3.27. The second-order valence-electron chi connectivity index (χ2n) is 8.75. The van der Waals surface area contributed by atoms with E-state index in [-0.39, 0.29) is 5.91 Å². The molecule has 0 atom stereocenters. The van der Waals surface area contributed by atoms with Crippen molar-refractivity contribution in [1.82, 2.24) is 25.1 Å². The molecular weight excluding hydrogens is 422 g/mol. The number of pyridine rings is 1. The second-order valence-corrected chi connectivity index (χ2v) is 8.75. The number of fused-ring (bicyclic) bond motifs is 3. The maximum absolute atomic E-state index is 13.3. The van der Waals surface area contributed by atoms with Crippen molar-refractivity contribution >= 4 is 27.6 Å². The molecule has 168 valence electrons. The van der Waals surface area contributed by atoms with Crippen LogP contribution in [0.25, 0.3) is 32.9 Å². The van der Waals surface area contributed by atoms with Gasteiger partial charge in [0.15, 0.2) is 0 Å². The van der Waals surface area contributed by atoms with Gasteiger partial charge >= 0.3 is 0 Å². The third kappa shape index (κ3) is 3.71. The molecule has 6 rings (SSSR count). The lowest BCUT2D eigenvalue weighted by Crippen LogP contribution is -2.27. The van der Waals surface area contributed by atoms with E-state index in [1.807, 2.05) is 48.5 Å². The first-order valence-corrected chi connectivity index (χ1v) is 11.8. The first-order chi connectivity index (χ1) is 16.8. The number of amides is 1. The van der Waals surface area contributed by atoms with Crippen molar-refractivity contribution in [1.29, 1.82) is 0 Å². The Hall–Kier alpha value is -4.06. The number of hydrogen-bond acceptors (Lipinski definition) is 4. The summed E-state index contributed by atoms with van der Waals surface area (Å²) >= 11 is 0. The summed E-state index contributed by atoms with van der Waals surface area (Å²) in [7, 11) is 0. The van der Waals surface area contributed by atoms with Gasteiger partial charge in [-0.25, -0.2) is 4.98 Å². The van der Waals surface area contributed by atoms with Crippen LogP contribution in [0.4, 0.5) is 0 Å². The van der Waals surface area contributed by atoms with Crippen LogP contribution in [-0.2, 0) is 19.4 Å².